The lowest BCUT2D eigenvalue weighted by atomic mass is 10.1. The molecule has 0 bridgehead atoms. The molecule has 0 unspecified atom stereocenters. The van der Waals surface area contributed by atoms with Crippen molar-refractivity contribution in [1.29, 1.82) is 0 Å². The number of carbonyl (C=O) groups excluding carboxylic acids is 1. The number of aryl methyl sites for hydroxylation is 1. The summed E-state index contributed by atoms with van der Waals surface area (Å²) in [4.78, 5) is 11.3. The van der Waals surface area contributed by atoms with Crippen LogP contribution in [-0.4, -0.2) is 5.24 Å². The second-order valence-electron chi connectivity index (χ2n) is 4.00. The maximum absolute atomic E-state index is 11.3. The number of rotatable bonds is 4. The molecule has 0 amide bonds. The van der Waals surface area contributed by atoms with E-state index in [1.54, 1.807) is 12.1 Å². The molecule has 0 spiro atoms. The molecular weight excluding hydrogens is 248 g/mol. The fourth-order valence-electron chi connectivity index (χ4n) is 1.73. The Balaban J connectivity index is 2.21. The van der Waals surface area contributed by atoms with Crippen molar-refractivity contribution in [2.75, 3.05) is 0 Å². The standard InChI is InChI=1S/C15H13ClO2/c1-11-6-5-9-13(15(16)17)14(11)18-10-12-7-3-2-4-8-12/h2-9H,10H2,1H3. The third-order valence-corrected chi connectivity index (χ3v) is 2.85. The molecule has 18 heavy (non-hydrogen) atoms. The molecule has 0 heterocycles. The van der Waals surface area contributed by atoms with Crippen LogP contribution in [0.1, 0.15) is 21.5 Å². The van der Waals surface area contributed by atoms with Gasteiger partial charge in [0.25, 0.3) is 5.24 Å². The smallest absolute Gasteiger partial charge is 0.256 e. The summed E-state index contributed by atoms with van der Waals surface area (Å²) in [6, 6.07) is 15.1. The molecule has 0 fully saturated rings. The monoisotopic (exact) mass is 260 g/mol. The molecule has 2 aromatic rings. The average molecular weight is 261 g/mol. The predicted molar refractivity (Wildman–Crippen MR) is 72.1 cm³/mol. The fourth-order valence-corrected chi connectivity index (χ4v) is 1.88. The second-order valence-corrected chi connectivity index (χ2v) is 4.34. The molecule has 0 atom stereocenters. The highest BCUT2D eigenvalue weighted by atomic mass is 35.5. The molecule has 0 aliphatic rings. The van der Waals surface area contributed by atoms with Gasteiger partial charge in [0.2, 0.25) is 0 Å². The Morgan fingerprint density at radius 3 is 2.50 bits per heavy atom. The maximum atomic E-state index is 11.3. The van der Waals surface area contributed by atoms with Crippen LogP contribution in [0.2, 0.25) is 0 Å². The van der Waals surface area contributed by atoms with Crippen LogP contribution in [0.3, 0.4) is 0 Å². The summed E-state index contributed by atoms with van der Waals surface area (Å²) < 4.78 is 5.71. The van der Waals surface area contributed by atoms with E-state index in [1.165, 1.54) is 0 Å². The van der Waals surface area contributed by atoms with Gasteiger partial charge in [0.05, 0.1) is 5.56 Å². The van der Waals surface area contributed by atoms with Gasteiger partial charge in [0.1, 0.15) is 12.4 Å². The molecule has 0 aliphatic heterocycles. The first-order chi connectivity index (χ1) is 8.68. The molecule has 2 rings (SSSR count). The summed E-state index contributed by atoms with van der Waals surface area (Å²) in [6.45, 7) is 2.31. The quantitative estimate of drug-likeness (QED) is 0.778. The van der Waals surface area contributed by atoms with Crippen molar-refractivity contribution in [1.82, 2.24) is 0 Å². The van der Waals surface area contributed by atoms with Crippen LogP contribution >= 0.6 is 11.6 Å². The SMILES string of the molecule is Cc1cccc(C(=O)Cl)c1OCc1ccccc1. The van der Waals surface area contributed by atoms with Gasteiger partial charge in [-0.3, -0.25) is 4.79 Å². The lowest BCUT2D eigenvalue weighted by molar-refractivity contribution is 0.107. The van der Waals surface area contributed by atoms with Crippen LogP contribution in [0.4, 0.5) is 0 Å². The first kappa shape index (κ1) is 12.7. The lowest BCUT2D eigenvalue weighted by Crippen LogP contribution is -2.02. The van der Waals surface area contributed by atoms with Crippen molar-refractivity contribution in [2.45, 2.75) is 13.5 Å². The topological polar surface area (TPSA) is 26.3 Å². The maximum Gasteiger partial charge on any atom is 0.256 e. The highest BCUT2D eigenvalue weighted by Gasteiger charge is 2.12. The Labute approximate surface area is 111 Å². The highest BCUT2D eigenvalue weighted by Crippen LogP contribution is 2.25. The molecule has 0 saturated carbocycles. The summed E-state index contributed by atoms with van der Waals surface area (Å²) in [5.41, 5.74) is 2.36. The van der Waals surface area contributed by atoms with Crippen molar-refractivity contribution in [3.8, 4) is 5.75 Å². The third-order valence-electron chi connectivity index (χ3n) is 2.65. The summed E-state index contributed by atoms with van der Waals surface area (Å²) in [5.74, 6) is 0.557. The Morgan fingerprint density at radius 1 is 1.11 bits per heavy atom. The summed E-state index contributed by atoms with van der Waals surface area (Å²) in [6.07, 6.45) is 0. The Kier molecular flexibility index (Phi) is 4.00. The van der Waals surface area contributed by atoms with E-state index < -0.39 is 5.24 Å². The molecule has 0 aromatic heterocycles. The van der Waals surface area contributed by atoms with Gasteiger partial charge in [0.15, 0.2) is 0 Å². The van der Waals surface area contributed by atoms with Gasteiger partial charge in [-0.05, 0) is 35.7 Å². The van der Waals surface area contributed by atoms with Gasteiger partial charge in [-0.2, -0.15) is 0 Å². The van der Waals surface area contributed by atoms with Crippen LogP contribution in [0.5, 0.6) is 5.75 Å². The number of hydrogen-bond acceptors (Lipinski definition) is 2. The van der Waals surface area contributed by atoms with Crippen molar-refractivity contribution in [2.24, 2.45) is 0 Å². The molecule has 2 aromatic carbocycles. The molecule has 2 nitrogen and oxygen atoms in total. The van der Waals surface area contributed by atoms with Crippen molar-refractivity contribution in [3.63, 3.8) is 0 Å². The zero-order valence-corrected chi connectivity index (χ0v) is 10.8. The first-order valence-electron chi connectivity index (χ1n) is 5.64. The molecule has 3 heteroatoms. The first-order valence-corrected chi connectivity index (χ1v) is 6.02. The van der Waals surface area contributed by atoms with Crippen LogP contribution in [0.25, 0.3) is 0 Å². The minimum Gasteiger partial charge on any atom is -0.488 e. The zero-order chi connectivity index (χ0) is 13.0. The normalized spacial score (nSPS) is 10.1. The molecule has 92 valence electrons. The van der Waals surface area contributed by atoms with Crippen LogP contribution in [0.15, 0.2) is 48.5 Å². The van der Waals surface area contributed by atoms with Crippen molar-refractivity contribution < 1.29 is 9.53 Å². The number of halogens is 1. The summed E-state index contributed by atoms with van der Waals surface area (Å²) in [7, 11) is 0. The average Bonchev–Trinajstić information content (AvgIpc) is 2.38. The fraction of sp³-hybridized carbons (Fsp3) is 0.133. The van der Waals surface area contributed by atoms with E-state index >= 15 is 0 Å². The van der Waals surface area contributed by atoms with E-state index in [0.29, 0.717) is 17.9 Å². The van der Waals surface area contributed by atoms with Gasteiger partial charge in [0, 0.05) is 0 Å². The highest BCUT2D eigenvalue weighted by molar-refractivity contribution is 6.68. The van der Waals surface area contributed by atoms with Crippen LogP contribution in [-0.2, 0) is 6.61 Å². The Hall–Kier alpha value is -1.80. The molecule has 0 aliphatic carbocycles. The number of para-hydroxylation sites is 1. The minimum absolute atomic E-state index is 0.410. The van der Waals surface area contributed by atoms with Gasteiger partial charge in [-0.15, -0.1) is 0 Å². The van der Waals surface area contributed by atoms with Gasteiger partial charge >= 0.3 is 0 Å². The summed E-state index contributed by atoms with van der Waals surface area (Å²) >= 11 is 5.54. The number of benzene rings is 2. The van der Waals surface area contributed by atoms with Gasteiger partial charge < -0.3 is 4.74 Å². The summed E-state index contributed by atoms with van der Waals surface area (Å²) in [5, 5.41) is -0.498. The molecular formula is C15H13ClO2. The second kappa shape index (κ2) is 5.69. The number of carbonyl (C=O) groups is 1. The van der Waals surface area contributed by atoms with E-state index in [0.717, 1.165) is 11.1 Å². The van der Waals surface area contributed by atoms with Crippen molar-refractivity contribution in [3.05, 3.63) is 65.2 Å². The minimum atomic E-state index is -0.498. The van der Waals surface area contributed by atoms with Crippen LogP contribution in [0, 0.1) is 6.92 Å². The number of hydrogen-bond donors (Lipinski definition) is 0. The Bertz CT molecular complexity index is 550. The van der Waals surface area contributed by atoms with Gasteiger partial charge in [-0.1, -0.05) is 42.5 Å². The van der Waals surface area contributed by atoms with Gasteiger partial charge in [-0.25, -0.2) is 0 Å². The molecule has 0 saturated heterocycles. The van der Waals surface area contributed by atoms with E-state index in [-0.39, 0.29) is 0 Å². The predicted octanol–water partition coefficient (Wildman–Crippen LogP) is 3.95. The van der Waals surface area contributed by atoms with Crippen molar-refractivity contribution >= 4 is 16.8 Å². The Morgan fingerprint density at radius 2 is 1.83 bits per heavy atom. The third kappa shape index (κ3) is 2.90. The number of ether oxygens (including phenoxy) is 1. The van der Waals surface area contributed by atoms with E-state index in [1.807, 2.05) is 43.3 Å². The van der Waals surface area contributed by atoms with Crippen LogP contribution < -0.4 is 4.74 Å². The molecule has 0 radical (unpaired) electrons. The largest absolute Gasteiger partial charge is 0.488 e. The van der Waals surface area contributed by atoms with E-state index in [2.05, 4.69) is 0 Å². The zero-order valence-electron chi connectivity index (χ0n) is 10.0. The lowest BCUT2D eigenvalue weighted by Gasteiger charge is -2.12. The molecule has 0 N–H and O–H groups in total. The van der Waals surface area contributed by atoms with E-state index in [9.17, 15) is 4.79 Å². The van der Waals surface area contributed by atoms with E-state index in [4.69, 9.17) is 16.3 Å².